The molecule has 1 atom stereocenters. The van der Waals surface area contributed by atoms with Gasteiger partial charge in [-0.2, -0.15) is 0 Å². The van der Waals surface area contributed by atoms with Gasteiger partial charge in [0.15, 0.2) is 0 Å². The summed E-state index contributed by atoms with van der Waals surface area (Å²) in [7, 11) is -7.53. The number of hydrazine groups is 2. The molecule has 2 aromatic carbocycles. The zero-order chi connectivity index (χ0) is 23.5. The van der Waals surface area contributed by atoms with Gasteiger partial charge in [-0.05, 0) is 44.5 Å². The third kappa shape index (κ3) is 6.27. The summed E-state index contributed by atoms with van der Waals surface area (Å²) in [4.78, 5) is 2.80. The van der Waals surface area contributed by atoms with Crippen LogP contribution < -0.4 is 15.0 Å². The first kappa shape index (κ1) is 24.1. The first-order chi connectivity index (χ1) is 14.9. The Balaban J connectivity index is 1.69. The van der Waals surface area contributed by atoms with E-state index in [1.54, 1.807) is 36.4 Å². The Morgan fingerprint density at radius 2 is 1.34 bits per heavy atom. The van der Waals surface area contributed by atoms with E-state index in [1.165, 1.54) is 17.3 Å². The summed E-state index contributed by atoms with van der Waals surface area (Å²) in [5.41, 5.74) is 5.93. The lowest BCUT2D eigenvalue weighted by molar-refractivity contribution is 0.184. The van der Waals surface area contributed by atoms with Gasteiger partial charge >= 0.3 is 0 Å². The van der Waals surface area contributed by atoms with Gasteiger partial charge in [0.2, 0.25) is 10.0 Å². The van der Waals surface area contributed by atoms with Crippen molar-refractivity contribution in [3.05, 3.63) is 84.1 Å². The van der Waals surface area contributed by atoms with Crippen LogP contribution in [0.3, 0.4) is 0 Å². The molecular formula is C22H28N4O4S2. The van der Waals surface area contributed by atoms with Crippen LogP contribution in [0.1, 0.15) is 24.0 Å². The minimum atomic E-state index is -3.81. The maximum atomic E-state index is 12.8. The molecule has 32 heavy (non-hydrogen) atoms. The fraction of sp³-hybridized carbons (Fsp3) is 0.273. The van der Waals surface area contributed by atoms with Gasteiger partial charge in [0.05, 0.1) is 16.3 Å². The second kappa shape index (κ2) is 9.55. The molecule has 8 nitrogen and oxygen atoms in total. The maximum absolute atomic E-state index is 12.8. The molecule has 172 valence electrons. The summed E-state index contributed by atoms with van der Waals surface area (Å²) in [5, 5.41) is 1.30. The standard InChI is InChI=1S/C22H28N4O4S2/c1-16-5-9-21(10-6-16)31(27,28)24-20-13-18(3)15-26(23-19(4)14-20)25-32(29,30)22-11-7-17(2)8-12-22/h5-12,20,23-25H,3-4,13-15H2,1-2H3. The molecule has 10 heteroatoms. The van der Waals surface area contributed by atoms with Crippen molar-refractivity contribution >= 4 is 20.0 Å². The number of hydrogen-bond acceptors (Lipinski definition) is 6. The van der Waals surface area contributed by atoms with Gasteiger partial charge in [0.25, 0.3) is 10.0 Å². The number of nitrogens with one attached hydrogen (secondary N) is 3. The summed E-state index contributed by atoms with van der Waals surface area (Å²) in [6.45, 7) is 11.8. The van der Waals surface area contributed by atoms with Crippen LogP contribution in [-0.2, 0) is 20.0 Å². The van der Waals surface area contributed by atoms with Crippen molar-refractivity contribution < 1.29 is 16.8 Å². The van der Waals surface area contributed by atoms with E-state index in [9.17, 15) is 16.8 Å². The Labute approximate surface area is 190 Å². The number of hydrogen-bond donors (Lipinski definition) is 3. The molecule has 0 radical (unpaired) electrons. The highest BCUT2D eigenvalue weighted by Crippen LogP contribution is 2.19. The molecule has 3 N–H and O–H groups in total. The minimum Gasteiger partial charge on any atom is -0.309 e. The van der Waals surface area contributed by atoms with Gasteiger partial charge < -0.3 is 5.43 Å². The summed E-state index contributed by atoms with van der Waals surface area (Å²) < 4.78 is 53.7. The first-order valence-electron chi connectivity index (χ1n) is 10.0. The van der Waals surface area contributed by atoms with Crippen LogP contribution in [0.4, 0.5) is 0 Å². The van der Waals surface area contributed by atoms with Gasteiger partial charge in [-0.3, -0.25) is 0 Å². The average Bonchev–Trinajstić information content (AvgIpc) is 2.66. The van der Waals surface area contributed by atoms with Crippen molar-refractivity contribution in [1.29, 1.82) is 0 Å². The van der Waals surface area contributed by atoms with Crippen molar-refractivity contribution in [2.45, 2.75) is 42.5 Å². The van der Waals surface area contributed by atoms with E-state index in [0.717, 1.165) is 11.1 Å². The third-order valence-electron chi connectivity index (χ3n) is 4.92. The largest absolute Gasteiger partial charge is 0.309 e. The quantitative estimate of drug-likeness (QED) is 0.553. The molecule has 0 spiro atoms. The van der Waals surface area contributed by atoms with Crippen LogP contribution in [0.25, 0.3) is 0 Å². The molecule has 0 bridgehead atoms. The van der Waals surface area contributed by atoms with Gasteiger partial charge in [0.1, 0.15) is 0 Å². The molecule has 0 aromatic heterocycles. The van der Waals surface area contributed by atoms with E-state index >= 15 is 0 Å². The van der Waals surface area contributed by atoms with Crippen LogP contribution in [0.5, 0.6) is 0 Å². The molecule has 1 heterocycles. The monoisotopic (exact) mass is 476 g/mol. The fourth-order valence-corrected chi connectivity index (χ4v) is 5.58. The molecular weight excluding hydrogens is 448 g/mol. The maximum Gasteiger partial charge on any atom is 0.254 e. The van der Waals surface area contributed by atoms with Crippen LogP contribution in [0, 0.1) is 13.8 Å². The Hall–Kier alpha value is -2.50. The SMILES string of the molecule is C=C1CC(NS(=O)(=O)c2ccc(C)cc2)CC(=C)NN(NS(=O)(=O)c2ccc(C)cc2)C1. The lowest BCUT2D eigenvalue weighted by atomic mass is 10.0. The van der Waals surface area contributed by atoms with Crippen molar-refractivity contribution in [1.82, 2.24) is 20.1 Å². The van der Waals surface area contributed by atoms with Crippen molar-refractivity contribution in [2.24, 2.45) is 0 Å². The molecule has 1 fully saturated rings. The van der Waals surface area contributed by atoms with Crippen LogP contribution in [0.2, 0.25) is 0 Å². The van der Waals surface area contributed by atoms with Gasteiger partial charge in [-0.15, -0.1) is 9.95 Å². The molecule has 1 aliphatic heterocycles. The van der Waals surface area contributed by atoms with E-state index in [-0.39, 0.29) is 22.8 Å². The zero-order valence-corrected chi connectivity index (χ0v) is 19.8. The molecule has 1 unspecified atom stereocenters. The third-order valence-corrected chi connectivity index (χ3v) is 7.81. The molecule has 1 aliphatic rings. The molecule has 3 rings (SSSR count). The zero-order valence-electron chi connectivity index (χ0n) is 18.1. The van der Waals surface area contributed by atoms with Crippen LogP contribution in [0.15, 0.2) is 82.7 Å². The molecule has 0 saturated carbocycles. The van der Waals surface area contributed by atoms with E-state index in [4.69, 9.17) is 0 Å². The Bertz CT molecular complexity index is 1090. The lowest BCUT2D eigenvalue weighted by Gasteiger charge is -2.32. The fourth-order valence-electron chi connectivity index (χ4n) is 3.34. The highest BCUT2D eigenvalue weighted by atomic mass is 32.2. The Morgan fingerprint density at radius 1 is 0.844 bits per heavy atom. The molecule has 0 aliphatic carbocycles. The number of aryl methyl sites for hydroxylation is 2. The summed E-state index contributed by atoms with van der Waals surface area (Å²) in [5.74, 6) is 0. The number of sulfonamides is 2. The van der Waals surface area contributed by atoms with Crippen molar-refractivity contribution in [2.75, 3.05) is 6.54 Å². The van der Waals surface area contributed by atoms with E-state index in [1.807, 2.05) is 13.8 Å². The second-order valence-corrected chi connectivity index (χ2v) is 11.4. The minimum absolute atomic E-state index is 0.131. The molecule has 0 amide bonds. The molecule has 1 saturated heterocycles. The Kier molecular flexibility index (Phi) is 7.21. The highest BCUT2D eigenvalue weighted by molar-refractivity contribution is 7.89. The van der Waals surface area contributed by atoms with E-state index < -0.39 is 26.1 Å². The first-order valence-corrected chi connectivity index (χ1v) is 13.0. The number of nitrogens with zero attached hydrogens (tertiary/aromatic N) is 1. The van der Waals surface area contributed by atoms with Crippen molar-refractivity contribution in [3.8, 4) is 0 Å². The Morgan fingerprint density at radius 3 is 1.88 bits per heavy atom. The van der Waals surface area contributed by atoms with Crippen LogP contribution >= 0.6 is 0 Å². The van der Waals surface area contributed by atoms with Gasteiger partial charge in [-0.1, -0.05) is 54.1 Å². The average molecular weight is 477 g/mol. The van der Waals surface area contributed by atoms with E-state index in [2.05, 4.69) is 28.1 Å². The predicted octanol–water partition coefficient (Wildman–Crippen LogP) is 2.51. The predicted molar refractivity (Wildman–Crippen MR) is 124 cm³/mol. The van der Waals surface area contributed by atoms with Gasteiger partial charge in [-0.25, -0.2) is 21.6 Å². The smallest absolute Gasteiger partial charge is 0.254 e. The summed E-state index contributed by atoms with van der Waals surface area (Å²) in [6.07, 6.45) is 0.585. The highest BCUT2D eigenvalue weighted by Gasteiger charge is 2.26. The number of benzene rings is 2. The summed E-state index contributed by atoms with van der Waals surface area (Å²) in [6, 6.07) is 12.6. The normalized spacial score (nSPS) is 18.6. The summed E-state index contributed by atoms with van der Waals surface area (Å²) >= 11 is 0. The second-order valence-electron chi connectivity index (χ2n) is 8.00. The topological polar surface area (TPSA) is 108 Å². The van der Waals surface area contributed by atoms with E-state index in [0.29, 0.717) is 17.7 Å². The molecule has 2 aromatic rings. The van der Waals surface area contributed by atoms with Gasteiger partial charge in [0, 0.05) is 18.2 Å². The van der Waals surface area contributed by atoms with Crippen LogP contribution in [-0.4, -0.2) is 34.5 Å². The number of rotatable bonds is 6. The van der Waals surface area contributed by atoms with Crippen molar-refractivity contribution in [3.63, 3.8) is 0 Å². The lowest BCUT2D eigenvalue weighted by Crippen LogP contribution is -2.53.